The molecule has 2 rings (SSSR count). The summed E-state index contributed by atoms with van der Waals surface area (Å²) in [6.45, 7) is 9.35. The lowest BCUT2D eigenvalue weighted by Crippen LogP contribution is -2.62. The molecule has 1 heterocycles. The van der Waals surface area contributed by atoms with Crippen molar-refractivity contribution in [1.29, 1.82) is 0 Å². The van der Waals surface area contributed by atoms with Gasteiger partial charge in [0, 0.05) is 31.5 Å². The Hall–Kier alpha value is -0.610. The van der Waals surface area contributed by atoms with Gasteiger partial charge in [0.2, 0.25) is 5.91 Å². The minimum atomic E-state index is 0.0779. The predicted molar refractivity (Wildman–Crippen MR) is 80.6 cm³/mol. The number of ether oxygens (including phenoxy) is 1. The van der Waals surface area contributed by atoms with Crippen LogP contribution in [0.2, 0.25) is 0 Å². The van der Waals surface area contributed by atoms with E-state index in [1.54, 1.807) is 0 Å². The van der Waals surface area contributed by atoms with Crippen LogP contribution in [-0.2, 0) is 9.53 Å². The van der Waals surface area contributed by atoms with Gasteiger partial charge in [0.15, 0.2) is 0 Å². The van der Waals surface area contributed by atoms with Crippen molar-refractivity contribution in [3.63, 3.8) is 0 Å². The van der Waals surface area contributed by atoms with Crippen LogP contribution in [0.5, 0.6) is 0 Å². The summed E-state index contributed by atoms with van der Waals surface area (Å²) in [7, 11) is 1.97. The van der Waals surface area contributed by atoms with Crippen molar-refractivity contribution in [3.8, 4) is 0 Å². The Kier molecular flexibility index (Phi) is 5.08. The molecular formula is C16H30N2O2. The molecule has 2 aliphatic rings. The van der Waals surface area contributed by atoms with Crippen LogP contribution in [0, 0.1) is 11.3 Å². The van der Waals surface area contributed by atoms with Crippen molar-refractivity contribution in [2.75, 3.05) is 26.7 Å². The number of hydrogen-bond donors (Lipinski definition) is 1. The molecule has 2 fully saturated rings. The molecule has 2 unspecified atom stereocenters. The van der Waals surface area contributed by atoms with Gasteiger partial charge >= 0.3 is 0 Å². The van der Waals surface area contributed by atoms with Gasteiger partial charge in [-0.25, -0.2) is 0 Å². The molecule has 20 heavy (non-hydrogen) atoms. The van der Waals surface area contributed by atoms with Gasteiger partial charge in [-0.1, -0.05) is 13.8 Å². The van der Waals surface area contributed by atoms with E-state index >= 15 is 0 Å². The van der Waals surface area contributed by atoms with Gasteiger partial charge in [0.05, 0.1) is 6.10 Å². The van der Waals surface area contributed by atoms with Gasteiger partial charge in [0.1, 0.15) is 0 Å². The standard InChI is InChI=1S/C16H30N2O2/c1-5-20-14-11-13(16(14,2)3)18(4)15(19)10-12-6-8-17-9-7-12/h12-14,17H,5-11H2,1-4H3. The van der Waals surface area contributed by atoms with Crippen molar-refractivity contribution in [2.45, 2.75) is 58.6 Å². The van der Waals surface area contributed by atoms with Gasteiger partial charge in [0.25, 0.3) is 0 Å². The molecule has 1 amide bonds. The van der Waals surface area contributed by atoms with Crippen LogP contribution >= 0.6 is 0 Å². The van der Waals surface area contributed by atoms with Gasteiger partial charge in [-0.2, -0.15) is 0 Å². The first-order valence-electron chi connectivity index (χ1n) is 8.04. The summed E-state index contributed by atoms with van der Waals surface area (Å²) in [6, 6.07) is 0.327. The number of carbonyl (C=O) groups is 1. The van der Waals surface area contributed by atoms with Gasteiger partial charge < -0.3 is 15.0 Å². The molecule has 0 spiro atoms. The van der Waals surface area contributed by atoms with Crippen LogP contribution in [0.15, 0.2) is 0 Å². The molecule has 1 aliphatic heterocycles. The van der Waals surface area contributed by atoms with Crippen LogP contribution in [0.4, 0.5) is 0 Å². The summed E-state index contributed by atoms with van der Waals surface area (Å²) in [5.41, 5.74) is 0.0779. The topological polar surface area (TPSA) is 41.6 Å². The third-order valence-electron chi connectivity index (χ3n) is 5.28. The molecule has 0 aromatic carbocycles. The second-order valence-electron chi connectivity index (χ2n) is 6.92. The Bertz CT molecular complexity index is 337. The van der Waals surface area contributed by atoms with Crippen molar-refractivity contribution in [3.05, 3.63) is 0 Å². The summed E-state index contributed by atoms with van der Waals surface area (Å²) in [5.74, 6) is 0.877. The van der Waals surface area contributed by atoms with Gasteiger partial charge in [-0.15, -0.1) is 0 Å². The number of carbonyl (C=O) groups excluding carboxylic acids is 1. The molecule has 1 saturated heterocycles. The second-order valence-corrected chi connectivity index (χ2v) is 6.92. The third-order valence-corrected chi connectivity index (χ3v) is 5.28. The van der Waals surface area contributed by atoms with E-state index in [1.165, 1.54) is 0 Å². The molecule has 0 bridgehead atoms. The number of nitrogens with one attached hydrogen (secondary N) is 1. The van der Waals surface area contributed by atoms with E-state index < -0.39 is 0 Å². The zero-order valence-corrected chi connectivity index (χ0v) is 13.4. The lowest BCUT2D eigenvalue weighted by atomic mass is 9.63. The molecular weight excluding hydrogens is 252 g/mol. The maximum absolute atomic E-state index is 12.5. The molecule has 0 aromatic heterocycles. The molecule has 0 radical (unpaired) electrons. The van der Waals surface area contributed by atoms with Gasteiger partial charge in [-0.05, 0) is 45.2 Å². The maximum atomic E-state index is 12.5. The monoisotopic (exact) mass is 282 g/mol. The Labute approximate surface area is 123 Å². The van der Waals surface area contributed by atoms with E-state index in [4.69, 9.17) is 4.74 Å². The first kappa shape index (κ1) is 15.8. The average Bonchev–Trinajstić information content (AvgIpc) is 2.43. The van der Waals surface area contributed by atoms with Crippen molar-refractivity contribution in [1.82, 2.24) is 10.2 Å². The molecule has 1 saturated carbocycles. The van der Waals surface area contributed by atoms with Crippen LogP contribution in [-0.4, -0.2) is 49.7 Å². The minimum absolute atomic E-state index is 0.0779. The number of rotatable bonds is 5. The van der Waals surface area contributed by atoms with Crippen LogP contribution in [0.1, 0.15) is 46.5 Å². The summed E-state index contributed by atoms with van der Waals surface area (Å²) in [5, 5.41) is 3.35. The Morgan fingerprint density at radius 2 is 2.00 bits per heavy atom. The highest BCUT2D eigenvalue weighted by Gasteiger charge is 2.51. The molecule has 1 aliphatic carbocycles. The number of nitrogens with zero attached hydrogens (tertiary/aromatic N) is 1. The summed E-state index contributed by atoms with van der Waals surface area (Å²) in [4.78, 5) is 14.4. The first-order valence-corrected chi connectivity index (χ1v) is 8.04. The van der Waals surface area contributed by atoms with E-state index in [0.717, 1.165) is 39.0 Å². The summed E-state index contributed by atoms with van der Waals surface area (Å²) in [6.07, 6.45) is 4.26. The van der Waals surface area contributed by atoms with E-state index in [2.05, 4.69) is 19.2 Å². The fourth-order valence-corrected chi connectivity index (χ4v) is 3.66. The molecule has 1 N–H and O–H groups in total. The first-order chi connectivity index (χ1) is 9.46. The van der Waals surface area contributed by atoms with E-state index in [1.807, 2.05) is 18.9 Å². The number of hydrogen-bond acceptors (Lipinski definition) is 3. The Morgan fingerprint density at radius 3 is 2.55 bits per heavy atom. The highest BCUT2D eigenvalue weighted by molar-refractivity contribution is 5.76. The molecule has 2 atom stereocenters. The largest absolute Gasteiger partial charge is 0.378 e. The zero-order valence-electron chi connectivity index (χ0n) is 13.4. The van der Waals surface area contributed by atoms with E-state index in [0.29, 0.717) is 30.4 Å². The lowest BCUT2D eigenvalue weighted by molar-refractivity contribution is -0.164. The third kappa shape index (κ3) is 3.17. The summed E-state index contributed by atoms with van der Waals surface area (Å²) >= 11 is 0. The highest BCUT2D eigenvalue weighted by Crippen LogP contribution is 2.45. The smallest absolute Gasteiger partial charge is 0.222 e. The van der Waals surface area contributed by atoms with Crippen molar-refractivity contribution < 1.29 is 9.53 Å². The second kappa shape index (κ2) is 6.44. The number of amides is 1. The fraction of sp³-hybridized carbons (Fsp3) is 0.938. The van der Waals surface area contributed by atoms with Gasteiger partial charge in [-0.3, -0.25) is 4.79 Å². The Morgan fingerprint density at radius 1 is 1.35 bits per heavy atom. The Balaban J connectivity index is 1.84. The highest BCUT2D eigenvalue weighted by atomic mass is 16.5. The molecule has 0 aromatic rings. The van der Waals surface area contributed by atoms with Crippen LogP contribution < -0.4 is 5.32 Å². The lowest BCUT2D eigenvalue weighted by Gasteiger charge is -2.55. The van der Waals surface area contributed by atoms with Crippen LogP contribution in [0.3, 0.4) is 0 Å². The van der Waals surface area contributed by atoms with E-state index in [-0.39, 0.29) is 5.41 Å². The predicted octanol–water partition coefficient (Wildman–Crippen LogP) is 2.04. The van der Waals surface area contributed by atoms with Crippen molar-refractivity contribution >= 4 is 5.91 Å². The quantitative estimate of drug-likeness (QED) is 0.839. The molecule has 116 valence electrons. The SMILES string of the molecule is CCOC1CC(N(C)C(=O)CC2CCNCC2)C1(C)C. The molecule has 4 heteroatoms. The van der Waals surface area contributed by atoms with Crippen molar-refractivity contribution in [2.24, 2.45) is 11.3 Å². The van der Waals surface area contributed by atoms with Crippen LogP contribution in [0.25, 0.3) is 0 Å². The fourth-order valence-electron chi connectivity index (χ4n) is 3.66. The average molecular weight is 282 g/mol. The number of piperidine rings is 1. The minimum Gasteiger partial charge on any atom is -0.378 e. The summed E-state index contributed by atoms with van der Waals surface area (Å²) < 4.78 is 5.76. The van der Waals surface area contributed by atoms with E-state index in [9.17, 15) is 4.79 Å². The zero-order chi connectivity index (χ0) is 14.8. The maximum Gasteiger partial charge on any atom is 0.222 e. The molecule has 4 nitrogen and oxygen atoms in total. The normalized spacial score (nSPS) is 29.8.